The molecule has 0 radical (unpaired) electrons. The zero-order valence-corrected chi connectivity index (χ0v) is 13.7. The molecule has 1 aliphatic rings. The standard InChI is InChI=1S/C17H21ClN2O2/c1-13-14(2)22-17(21-13,11-20-10-9-19-12-20)8-7-15-5-3-4-6-16(15)18/h3-6,9-10,12-14H,7-8,11H2,1-2H3. The predicted octanol–water partition coefficient (Wildman–Crippen LogP) is 3.69. The number of nitrogens with zero attached hydrogens (tertiary/aromatic N) is 2. The Bertz CT molecular complexity index is 605. The van der Waals surface area contributed by atoms with Crippen LogP contribution in [-0.4, -0.2) is 27.5 Å². The molecule has 2 heterocycles. The van der Waals surface area contributed by atoms with E-state index in [1.54, 1.807) is 12.5 Å². The number of aromatic nitrogens is 2. The van der Waals surface area contributed by atoms with E-state index in [9.17, 15) is 0 Å². The van der Waals surface area contributed by atoms with E-state index >= 15 is 0 Å². The lowest BCUT2D eigenvalue weighted by molar-refractivity contribution is -0.186. The highest BCUT2D eigenvalue weighted by molar-refractivity contribution is 6.31. The molecule has 0 spiro atoms. The minimum atomic E-state index is -0.626. The average molecular weight is 321 g/mol. The number of rotatable bonds is 5. The summed E-state index contributed by atoms with van der Waals surface area (Å²) in [4.78, 5) is 4.10. The Morgan fingerprint density at radius 3 is 2.59 bits per heavy atom. The molecule has 1 fully saturated rings. The molecule has 0 bridgehead atoms. The number of aryl methyl sites for hydroxylation is 1. The van der Waals surface area contributed by atoms with E-state index in [-0.39, 0.29) is 12.2 Å². The minimum absolute atomic E-state index is 0.0785. The molecule has 0 amide bonds. The normalized spacial score (nSPS) is 28.1. The summed E-state index contributed by atoms with van der Waals surface area (Å²) in [6, 6.07) is 7.92. The van der Waals surface area contributed by atoms with Crippen LogP contribution >= 0.6 is 11.6 Å². The van der Waals surface area contributed by atoms with E-state index in [0.717, 1.165) is 23.4 Å². The van der Waals surface area contributed by atoms with Gasteiger partial charge in [0.15, 0.2) is 5.79 Å². The third-order valence-corrected chi connectivity index (χ3v) is 4.55. The van der Waals surface area contributed by atoms with Crippen molar-refractivity contribution >= 4 is 11.6 Å². The molecule has 2 aromatic rings. The summed E-state index contributed by atoms with van der Waals surface area (Å²) in [6.45, 7) is 4.73. The first-order chi connectivity index (χ1) is 10.6. The van der Waals surface area contributed by atoms with E-state index < -0.39 is 5.79 Å². The summed E-state index contributed by atoms with van der Waals surface area (Å²) in [6.07, 6.45) is 7.21. The highest BCUT2D eigenvalue weighted by Crippen LogP contribution is 2.35. The van der Waals surface area contributed by atoms with E-state index in [4.69, 9.17) is 21.1 Å². The largest absolute Gasteiger partial charge is 0.342 e. The second kappa shape index (κ2) is 6.41. The van der Waals surface area contributed by atoms with Gasteiger partial charge in [0.2, 0.25) is 0 Å². The molecule has 5 heteroatoms. The highest BCUT2D eigenvalue weighted by atomic mass is 35.5. The van der Waals surface area contributed by atoms with E-state index in [0.29, 0.717) is 6.54 Å². The third kappa shape index (κ3) is 3.35. The van der Waals surface area contributed by atoms with Crippen molar-refractivity contribution in [2.45, 2.75) is 51.2 Å². The molecule has 4 nitrogen and oxygen atoms in total. The summed E-state index contributed by atoms with van der Waals surface area (Å²) in [5, 5.41) is 0.791. The number of hydrogen-bond acceptors (Lipinski definition) is 3. The van der Waals surface area contributed by atoms with Gasteiger partial charge in [-0.05, 0) is 31.9 Å². The van der Waals surface area contributed by atoms with Crippen LogP contribution in [0.4, 0.5) is 0 Å². The second-order valence-electron chi connectivity index (χ2n) is 5.88. The maximum absolute atomic E-state index is 6.26. The molecule has 22 heavy (non-hydrogen) atoms. The number of imidazole rings is 1. The lowest BCUT2D eigenvalue weighted by atomic mass is 10.0. The fourth-order valence-electron chi connectivity index (χ4n) is 2.85. The molecule has 1 aliphatic heterocycles. The van der Waals surface area contributed by atoms with Crippen LogP contribution in [0.5, 0.6) is 0 Å². The fraction of sp³-hybridized carbons (Fsp3) is 0.471. The van der Waals surface area contributed by atoms with Gasteiger partial charge in [-0.1, -0.05) is 29.8 Å². The number of ether oxygens (including phenoxy) is 2. The first-order valence-corrected chi connectivity index (χ1v) is 8.01. The van der Waals surface area contributed by atoms with Crippen molar-refractivity contribution in [2.24, 2.45) is 0 Å². The minimum Gasteiger partial charge on any atom is -0.342 e. The second-order valence-corrected chi connectivity index (χ2v) is 6.29. The maximum atomic E-state index is 6.26. The van der Waals surface area contributed by atoms with E-state index in [2.05, 4.69) is 24.9 Å². The van der Waals surface area contributed by atoms with Crippen LogP contribution in [0.15, 0.2) is 43.0 Å². The molecule has 2 unspecified atom stereocenters. The van der Waals surface area contributed by atoms with Crippen LogP contribution in [0.2, 0.25) is 5.02 Å². The van der Waals surface area contributed by atoms with Crippen molar-refractivity contribution in [3.63, 3.8) is 0 Å². The quantitative estimate of drug-likeness (QED) is 0.843. The lowest BCUT2D eigenvalue weighted by Gasteiger charge is -2.28. The Hall–Kier alpha value is -1.36. The van der Waals surface area contributed by atoms with Crippen LogP contribution in [-0.2, 0) is 22.4 Å². The molecule has 1 saturated heterocycles. The molecule has 1 aromatic carbocycles. The molecule has 0 saturated carbocycles. The summed E-state index contributed by atoms with van der Waals surface area (Å²) in [5.41, 5.74) is 1.12. The molecule has 0 aliphatic carbocycles. The van der Waals surface area contributed by atoms with Gasteiger partial charge in [-0.2, -0.15) is 0 Å². The number of halogens is 1. The molecule has 3 rings (SSSR count). The molecular weight excluding hydrogens is 300 g/mol. The summed E-state index contributed by atoms with van der Waals surface area (Å²) in [7, 11) is 0. The lowest BCUT2D eigenvalue weighted by Crippen LogP contribution is -2.36. The van der Waals surface area contributed by atoms with Crippen molar-refractivity contribution in [1.29, 1.82) is 0 Å². The Morgan fingerprint density at radius 2 is 1.95 bits per heavy atom. The predicted molar refractivity (Wildman–Crippen MR) is 85.8 cm³/mol. The first-order valence-electron chi connectivity index (χ1n) is 7.63. The SMILES string of the molecule is CC1OC(CCc2ccccc2Cl)(Cn2ccnc2)OC1C. The Balaban J connectivity index is 1.76. The van der Waals surface area contributed by atoms with Crippen LogP contribution in [0, 0.1) is 0 Å². The van der Waals surface area contributed by atoms with Gasteiger partial charge in [0.25, 0.3) is 0 Å². The molecule has 2 atom stereocenters. The van der Waals surface area contributed by atoms with Crippen LogP contribution in [0.25, 0.3) is 0 Å². The van der Waals surface area contributed by atoms with Crippen LogP contribution in [0.1, 0.15) is 25.8 Å². The van der Waals surface area contributed by atoms with Gasteiger partial charge in [-0.15, -0.1) is 0 Å². The Labute approximate surface area is 136 Å². The monoisotopic (exact) mass is 320 g/mol. The number of hydrogen-bond donors (Lipinski definition) is 0. The van der Waals surface area contributed by atoms with E-state index in [1.807, 2.05) is 29.0 Å². The van der Waals surface area contributed by atoms with Gasteiger partial charge >= 0.3 is 0 Å². The topological polar surface area (TPSA) is 36.3 Å². The van der Waals surface area contributed by atoms with Crippen molar-refractivity contribution < 1.29 is 9.47 Å². The fourth-order valence-corrected chi connectivity index (χ4v) is 3.08. The smallest absolute Gasteiger partial charge is 0.187 e. The van der Waals surface area contributed by atoms with Gasteiger partial charge < -0.3 is 14.0 Å². The van der Waals surface area contributed by atoms with Gasteiger partial charge in [-0.25, -0.2) is 4.98 Å². The Kier molecular flexibility index (Phi) is 4.52. The Morgan fingerprint density at radius 1 is 1.23 bits per heavy atom. The zero-order chi connectivity index (χ0) is 15.6. The van der Waals surface area contributed by atoms with Gasteiger partial charge in [0, 0.05) is 23.8 Å². The summed E-state index contributed by atoms with van der Waals surface area (Å²) < 4.78 is 14.4. The van der Waals surface area contributed by atoms with Crippen molar-refractivity contribution in [2.75, 3.05) is 0 Å². The molecule has 118 valence electrons. The van der Waals surface area contributed by atoms with Crippen molar-refractivity contribution in [1.82, 2.24) is 9.55 Å². The highest BCUT2D eigenvalue weighted by Gasteiger charge is 2.44. The third-order valence-electron chi connectivity index (χ3n) is 4.18. The summed E-state index contributed by atoms with van der Waals surface area (Å²) in [5.74, 6) is -0.626. The molecule has 0 N–H and O–H groups in total. The van der Waals surface area contributed by atoms with Crippen LogP contribution < -0.4 is 0 Å². The van der Waals surface area contributed by atoms with Crippen molar-refractivity contribution in [3.05, 3.63) is 53.6 Å². The number of benzene rings is 1. The summed E-state index contributed by atoms with van der Waals surface area (Å²) >= 11 is 6.26. The average Bonchev–Trinajstić information content (AvgIpc) is 3.08. The first kappa shape index (κ1) is 15.5. The molecular formula is C17H21ClN2O2. The zero-order valence-electron chi connectivity index (χ0n) is 12.9. The van der Waals surface area contributed by atoms with Gasteiger partial charge in [0.05, 0.1) is 25.1 Å². The maximum Gasteiger partial charge on any atom is 0.187 e. The van der Waals surface area contributed by atoms with Gasteiger partial charge in [-0.3, -0.25) is 0 Å². The van der Waals surface area contributed by atoms with Crippen LogP contribution in [0.3, 0.4) is 0 Å². The van der Waals surface area contributed by atoms with Gasteiger partial charge in [0.1, 0.15) is 0 Å². The van der Waals surface area contributed by atoms with Crippen molar-refractivity contribution in [3.8, 4) is 0 Å². The molecule has 1 aromatic heterocycles. The van der Waals surface area contributed by atoms with E-state index in [1.165, 1.54) is 0 Å².